The van der Waals surface area contributed by atoms with Crippen molar-refractivity contribution in [1.82, 2.24) is 14.9 Å². The monoisotopic (exact) mass is 365 g/mol. The Morgan fingerprint density at radius 2 is 2.16 bits per heavy atom. The van der Waals surface area contributed by atoms with E-state index in [1.807, 2.05) is 32.6 Å². The minimum Gasteiger partial charge on any atom is -0.389 e. The molecular formula is C18H27N3O3S. The maximum Gasteiger partial charge on any atom is 0.259 e. The lowest BCUT2D eigenvalue weighted by molar-refractivity contribution is -0.00834. The third kappa shape index (κ3) is 5.22. The van der Waals surface area contributed by atoms with Crippen molar-refractivity contribution < 1.29 is 9.84 Å². The molecule has 25 heavy (non-hydrogen) atoms. The van der Waals surface area contributed by atoms with Crippen LogP contribution in [-0.4, -0.2) is 51.9 Å². The minimum absolute atomic E-state index is 0.0771. The number of hydrogen-bond acceptors (Lipinski definition) is 6. The number of nitrogens with zero attached hydrogens (tertiary/aromatic N) is 2. The molecular weight excluding hydrogens is 338 g/mol. The summed E-state index contributed by atoms with van der Waals surface area (Å²) in [6.07, 6.45) is 1.24. The molecule has 0 unspecified atom stereocenters. The number of hydrogen-bond donors (Lipinski definition) is 2. The first kappa shape index (κ1) is 19.8. The molecule has 7 heteroatoms. The summed E-state index contributed by atoms with van der Waals surface area (Å²) in [5.41, 5.74) is 0.883. The second-order valence-corrected chi connectivity index (χ2v) is 7.70. The molecule has 2 aromatic rings. The Hall–Kier alpha value is -1.54. The van der Waals surface area contributed by atoms with Crippen molar-refractivity contribution in [2.75, 3.05) is 19.7 Å². The predicted octanol–water partition coefficient (Wildman–Crippen LogP) is 2.38. The second-order valence-electron chi connectivity index (χ2n) is 6.49. The minimum atomic E-state index is -0.607. The van der Waals surface area contributed by atoms with Crippen LogP contribution in [0.15, 0.2) is 17.4 Å². The molecule has 1 atom stereocenters. The smallest absolute Gasteiger partial charge is 0.259 e. The number of aliphatic hydroxyl groups is 1. The lowest BCUT2D eigenvalue weighted by atomic mass is 10.2. The zero-order valence-corrected chi connectivity index (χ0v) is 16.2. The van der Waals surface area contributed by atoms with E-state index in [2.05, 4.69) is 16.5 Å². The van der Waals surface area contributed by atoms with Crippen LogP contribution >= 0.6 is 11.3 Å². The van der Waals surface area contributed by atoms with Crippen molar-refractivity contribution >= 4 is 21.6 Å². The van der Waals surface area contributed by atoms with E-state index in [1.54, 1.807) is 6.08 Å². The number of fused-ring (bicyclic) bond motifs is 1. The van der Waals surface area contributed by atoms with Gasteiger partial charge in [-0.25, -0.2) is 4.98 Å². The average Bonchev–Trinajstić information content (AvgIpc) is 2.80. The number of H-pyrrole nitrogens is 1. The molecule has 0 fully saturated rings. The molecule has 138 valence electrons. The number of aliphatic hydroxyl groups excluding tert-OH is 1. The first-order chi connectivity index (χ1) is 11.8. The Balaban J connectivity index is 2.14. The molecule has 0 aliphatic rings. The lowest BCUT2D eigenvalue weighted by Crippen LogP contribution is -2.36. The van der Waals surface area contributed by atoms with E-state index in [9.17, 15) is 9.90 Å². The van der Waals surface area contributed by atoms with E-state index in [0.717, 1.165) is 15.3 Å². The van der Waals surface area contributed by atoms with E-state index in [0.29, 0.717) is 30.8 Å². The predicted molar refractivity (Wildman–Crippen MR) is 102 cm³/mol. The van der Waals surface area contributed by atoms with E-state index >= 15 is 0 Å². The van der Waals surface area contributed by atoms with E-state index in [4.69, 9.17) is 4.74 Å². The summed E-state index contributed by atoms with van der Waals surface area (Å²) in [7, 11) is 0. The summed E-state index contributed by atoms with van der Waals surface area (Å²) in [5, 5.41) is 10.8. The summed E-state index contributed by atoms with van der Waals surface area (Å²) in [6, 6.07) is 0. The first-order valence-electron chi connectivity index (χ1n) is 8.43. The highest BCUT2D eigenvalue weighted by Gasteiger charge is 2.16. The van der Waals surface area contributed by atoms with Crippen LogP contribution in [0.1, 0.15) is 30.1 Å². The number of aromatic amines is 1. The Bertz CT molecular complexity index is 782. The number of thiophene rings is 1. The highest BCUT2D eigenvalue weighted by atomic mass is 32.1. The van der Waals surface area contributed by atoms with Gasteiger partial charge in [-0.15, -0.1) is 17.9 Å². The zero-order chi connectivity index (χ0) is 18.6. The SMILES string of the molecule is C=CCN(Cc1nc2sc(C)c(C)c2c(=O)[nH]1)C[C@H](O)COC(C)C. The number of ether oxygens (including phenoxy) is 1. The van der Waals surface area contributed by atoms with Crippen LogP contribution in [0.2, 0.25) is 0 Å². The molecule has 0 bridgehead atoms. The number of aromatic nitrogens is 2. The van der Waals surface area contributed by atoms with Crippen molar-refractivity contribution in [3.8, 4) is 0 Å². The maximum absolute atomic E-state index is 12.4. The standard InChI is InChI=1S/C18H27N3O3S/c1-6-7-21(8-14(22)10-24-11(2)3)9-15-19-17(23)16-12(4)13(5)25-18(16)20-15/h6,11,14,22H,1,7-10H2,2-5H3,(H,19,20,23)/t14-/m0/s1. The number of aryl methyl sites for hydroxylation is 2. The van der Waals surface area contributed by atoms with Gasteiger partial charge >= 0.3 is 0 Å². The van der Waals surface area contributed by atoms with Gasteiger partial charge in [-0.1, -0.05) is 6.08 Å². The summed E-state index contributed by atoms with van der Waals surface area (Å²) in [4.78, 5) is 23.7. The molecule has 0 amide bonds. The first-order valence-corrected chi connectivity index (χ1v) is 9.25. The van der Waals surface area contributed by atoms with Crippen molar-refractivity contribution in [3.63, 3.8) is 0 Å². The van der Waals surface area contributed by atoms with Gasteiger partial charge in [0, 0.05) is 18.0 Å². The second kappa shape index (κ2) is 8.71. The van der Waals surface area contributed by atoms with Gasteiger partial charge in [0.05, 0.1) is 30.7 Å². The number of rotatable bonds is 9. The van der Waals surface area contributed by atoms with Crippen LogP contribution in [0.4, 0.5) is 0 Å². The summed E-state index contributed by atoms with van der Waals surface area (Å²) < 4.78 is 5.45. The Morgan fingerprint density at radius 1 is 1.44 bits per heavy atom. The molecule has 0 aromatic carbocycles. The molecule has 2 N–H and O–H groups in total. The molecule has 0 saturated heterocycles. The van der Waals surface area contributed by atoms with E-state index in [1.165, 1.54) is 11.3 Å². The third-order valence-electron chi connectivity index (χ3n) is 3.94. The topological polar surface area (TPSA) is 78.5 Å². The molecule has 2 heterocycles. The quantitative estimate of drug-likeness (QED) is 0.667. The fourth-order valence-corrected chi connectivity index (χ4v) is 3.68. The molecule has 0 aliphatic heterocycles. The molecule has 0 spiro atoms. The average molecular weight is 365 g/mol. The van der Waals surface area contributed by atoms with Gasteiger partial charge in [-0.05, 0) is 33.3 Å². The van der Waals surface area contributed by atoms with Gasteiger partial charge in [-0.3, -0.25) is 9.69 Å². The fourth-order valence-electron chi connectivity index (χ4n) is 2.63. The molecule has 2 aromatic heterocycles. The lowest BCUT2D eigenvalue weighted by Gasteiger charge is -2.23. The maximum atomic E-state index is 12.4. The van der Waals surface area contributed by atoms with Crippen LogP contribution in [-0.2, 0) is 11.3 Å². The molecule has 2 rings (SSSR count). The van der Waals surface area contributed by atoms with Crippen molar-refractivity contribution in [2.24, 2.45) is 0 Å². The normalized spacial score (nSPS) is 13.1. The summed E-state index contributed by atoms with van der Waals surface area (Å²) in [5.74, 6) is 0.595. The van der Waals surface area contributed by atoms with Gasteiger partial charge in [-0.2, -0.15) is 0 Å². The summed E-state index contributed by atoms with van der Waals surface area (Å²) in [6.45, 7) is 13.3. The third-order valence-corrected chi connectivity index (χ3v) is 5.04. The van der Waals surface area contributed by atoms with Crippen LogP contribution in [0, 0.1) is 13.8 Å². The highest BCUT2D eigenvalue weighted by molar-refractivity contribution is 7.18. The van der Waals surface area contributed by atoms with Crippen LogP contribution < -0.4 is 5.56 Å². The molecule has 0 radical (unpaired) electrons. The molecule has 0 aliphatic carbocycles. The molecule has 0 saturated carbocycles. The Morgan fingerprint density at radius 3 is 2.80 bits per heavy atom. The highest BCUT2D eigenvalue weighted by Crippen LogP contribution is 2.25. The van der Waals surface area contributed by atoms with E-state index < -0.39 is 6.10 Å². The largest absolute Gasteiger partial charge is 0.389 e. The van der Waals surface area contributed by atoms with Gasteiger partial charge in [0.15, 0.2) is 0 Å². The van der Waals surface area contributed by atoms with Crippen LogP contribution in [0.5, 0.6) is 0 Å². The van der Waals surface area contributed by atoms with Gasteiger partial charge in [0.1, 0.15) is 10.7 Å². The Labute approximate surface area is 152 Å². The van der Waals surface area contributed by atoms with Gasteiger partial charge in [0.2, 0.25) is 0 Å². The van der Waals surface area contributed by atoms with E-state index in [-0.39, 0.29) is 18.3 Å². The Kier molecular flexibility index (Phi) is 6.89. The zero-order valence-electron chi connectivity index (χ0n) is 15.3. The van der Waals surface area contributed by atoms with Crippen molar-refractivity contribution in [1.29, 1.82) is 0 Å². The fraction of sp³-hybridized carbons (Fsp3) is 0.556. The van der Waals surface area contributed by atoms with Gasteiger partial charge in [0.25, 0.3) is 5.56 Å². The summed E-state index contributed by atoms with van der Waals surface area (Å²) >= 11 is 1.53. The van der Waals surface area contributed by atoms with Crippen LogP contribution in [0.3, 0.4) is 0 Å². The number of nitrogens with one attached hydrogen (secondary N) is 1. The van der Waals surface area contributed by atoms with Crippen molar-refractivity contribution in [3.05, 3.63) is 39.3 Å². The van der Waals surface area contributed by atoms with Crippen LogP contribution in [0.25, 0.3) is 10.2 Å². The van der Waals surface area contributed by atoms with Crippen molar-refractivity contribution in [2.45, 2.75) is 46.4 Å². The van der Waals surface area contributed by atoms with Gasteiger partial charge < -0.3 is 14.8 Å². The molecule has 6 nitrogen and oxygen atoms in total.